The Hall–Kier alpha value is -2.14. The number of carbonyl (C=O) groups excluding carboxylic acids is 1. The van der Waals surface area contributed by atoms with E-state index in [-0.39, 0.29) is 17.2 Å². The Morgan fingerprint density at radius 1 is 1.16 bits per heavy atom. The Balaban J connectivity index is 1.61. The van der Waals surface area contributed by atoms with Gasteiger partial charge in [-0.3, -0.25) is 4.79 Å². The van der Waals surface area contributed by atoms with E-state index in [1.54, 1.807) is 0 Å². The zero-order valence-electron chi connectivity index (χ0n) is 14.2. The lowest BCUT2D eigenvalue weighted by Gasteiger charge is -2.08. The molecule has 5 heteroatoms. The summed E-state index contributed by atoms with van der Waals surface area (Å²) >= 11 is 1.23. The van der Waals surface area contributed by atoms with Crippen molar-refractivity contribution in [2.45, 2.75) is 38.5 Å². The van der Waals surface area contributed by atoms with E-state index in [1.807, 2.05) is 36.4 Å². The van der Waals surface area contributed by atoms with E-state index in [0.29, 0.717) is 18.0 Å². The molecular formula is C20H23NO3S. The first kappa shape index (κ1) is 17.7. The minimum absolute atomic E-state index is 0.149. The summed E-state index contributed by atoms with van der Waals surface area (Å²) < 4.78 is 0. The molecule has 1 heterocycles. The Kier molecular flexibility index (Phi) is 5.87. The normalized spacial score (nSPS) is 14.6. The number of hydrogen-bond acceptors (Lipinski definition) is 4. The van der Waals surface area contributed by atoms with Crippen LogP contribution in [0.3, 0.4) is 0 Å². The predicted molar refractivity (Wildman–Crippen MR) is 101 cm³/mol. The van der Waals surface area contributed by atoms with E-state index in [2.05, 4.69) is 5.32 Å². The van der Waals surface area contributed by atoms with Crippen LogP contribution in [-0.4, -0.2) is 23.4 Å². The van der Waals surface area contributed by atoms with E-state index in [4.69, 9.17) is 0 Å². The standard InChI is InChI=1S/C20H23NO3S/c22-16(11-10-14-6-4-5-7-14)13-21-17-12-18(25-19(17)20(23)24)15-8-2-1-3-9-15/h1-3,8-9,12,14,21H,4-7,10-11,13H2,(H,23,24). The Labute approximate surface area is 151 Å². The lowest BCUT2D eigenvalue weighted by molar-refractivity contribution is -0.117. The fraction of sp³-hybridized carbons (Fsp3) is 0.400. The second-order valence-corrected chi connectivity index (χ2v) is 7.66. The van der Waals surface area contributed by atoms with Crippen molar-refractivity contribution in [3.63, 3.8) is 0 Å². The fourth-order valence-corrected chi connectivity index (χ4v) is 4.35. The summed E-state index contributed by atoms with van der Waals surface area (Å²) in [6.07, 6.45) is 6.61. The Bertz CT molecular complexity index is 733. The molecule has 0 amide bonds. The topological polar surface area (TPSA) is 66.4 Å². The van der Waals surface area contributed by atoms with E-state index < -0.39 is 5.97 Å². The average molecular weight is 357 g/mol. The monoisotopic (exact) mass is 357 g/mol. The highest BCUT2D eigenvalue weighted by molar-refractivity contribution is 7.18. The molecule has 25 heavy (non-hydrogen) atoms. The van der Waals surface area contributed by atoms with E-state index in [0.717, 1.165) is 16.9 Å². The number of nitrogens with one attached hydrogen (secondary N) is 1. The molecule has 0 unspecified atom stereocenters. The molecule has 132 valence electrons. The smallest absolute Gasteiger partial charge is 0.348 e. The average Bonchev–Trinajstić information content (AvgIpc) is 3.28. The molecule has 0 aliphatic heterocycles. The maximum absolute atomic E-state index is 12.1. The van der Waals surface area contributed by atoms with Crippen molar-refractivity contribution in [1.82, 2.24) is 0 Å². The maximum Gasteiger partial charge on any atom is 0.348 e. The van der Waals surface area contributed by atoms with Crippen LogP contribution in [0.15, 0.2) is 36.4 Å². The molecule has 1 aliphatic carbocycles. The minimum Gasteiger partial charge on any atom is -0.477 e. The fourth-order valence-electron chi connectivity index (χ4n) is 3.37. The number of rotatable bonds is 8. The van der Waals surface area contributed by atoms with Gasteiger partial charge in [0.15, 0.2) is 5.78 Å². The van der Waals surface area contributed by atoms with Gasteiger partial charge in [-0.1, -0.05) is 56.0 Å². The third-order valence-corrected chi connectivity index (χ3v) is 5.94. The molecule has 0 bridgehead atoms. The first-order valence-corrected chi connectivity index (χ1v) is 9.63. The zero-order valence-corrected chi connectivity index (χ0v) is 15.0. The highest BCUT2D eigenvalue weighted by atomic mass is 32.1. The zero-order chi connectivity index (χ0) is 17.6. The third-order valence-electron chi connectivity index (χ3n) is 4.77. The molecule has 0 saturated heterocycles. The molecule has 1 saturated carbocycles. The molecule has 0 atom stereocenters. The number of thiophene rings is 1. The highest BCUT2D eigenvalue weighted by Gasteiger charge is 2.18. The van der Waals surface area contributed by atoms with Gasteiger partial charge in [0, 0.05) is 11.3 Å². The molecule has 1 fully saturated rings. The summed E-state index contributed by atoms with van der Waals surface area (Å²) in [5.41, 5.74) is 1.51. The van der Waals surface area contributed by atoms with Gasteiger partial charge in [-0.15, -0.1) is 11.3 Å². The molecule has 2 aromatic rings. The number of carboxylic acid groups (broad SMARTS) is 1. The molecule has 1 aromatic carbocycles. The van der Waals surface area contributed by atoms with Crippen molar-refractivity contribution in [3.05, 3.63) is 41.3 Å². The van der Waals surface area contributed by atoms with Crippen LogP contribution in [-0.2, 0) is 4.79 Å². The predicted octanol–water partition coefficient (Wildman–Crippen LogP) is 5.06. The number of Topliss-reactive ketones (excluding diaryl/α,β-unsaturated/α-hetero) is 1. The van der Waals surface area contributed by atoms with Gasteiger partial charge >= 0.3 is 5.97 Å². The largest absolute Gasteiger partial charge is 0.477 e. The molecule has 1 aromatic heterocycles. The first-order chi connectivity index (χ1) is 12.1. The van der Waals surface area contributed by atoms with Crippen LogP contribution in [0.2, 0.25) is 0 Å². The number of carboxylic acids is 1. The van der Waals surface area contributed by atoms with Crippen LogP contribution < -0.4 is 5.32 Å². The molecule has 4 nitrogen and oxygen atoms in total. The second kappa shape index (κ2) is 8.30. The Morgan fingerprint density at radius 2 is 1.88 bits per heavy atom. The lowest BCUT2D eigenvalue weighted by Crippen LogP contribution is -2.15. The highest BCUT2D eigenvalue weighted by Crippen LogP contribution is 2.35. The van der Waals surface area contributed by atoms with Gasteiger partial charge in [0.2, 0.25) is 0 Å². The molecule has 2 N–H and O–H groups in total. The summed E-state index contributed by atoms with van der Waals surface area (Å²) in [4.78, 5) is 24.8. The quantitative estimate of drug-likeness (QED) is 0.692. The van der Waals surface area contributed by atoms with Crippen molar-refractivity contribution in [2.24, 2.45) is 5.92 Å². The van der Waals surface area contributed by atoms with Crippen LogP contribution >= 0.6 is 11.3 Å². The van der Waals surface area contributed by atoms with Crippen molar-refractivity contribution in [2.75, 3.05) is 11.9 Å². The SMILES string of the molecule is O=C(CCC1CCCC1)CNc1cc(-c2ccccc2)sc1C(=O)O. The van der Waals surface area contributed by atoms with Gasteiger partial charge in [0.1, 0.15) is 4.88 Å². The van der Waals surface area contributed by atoms with Gasteiger partial charge in [-0.05, 0) is 24.0 Å². The van der Waals surface area contributed by atoms with E-state index in [9.17, 15) is 14.7 Å². The van der Waals surface area contributed by atoms with Crippen molar-refractivity contribution >= 4 is 28.8 Å². The molecule has 1 aliphatic rings. The van der Waals surface area contributed by atoms with Crippen molar-refractivity contribution < 1.29 is 14.7 Å². The second-order valence-electron chi connectivity index (χ2n) is 6.61. The van der Waals surface area contributed by atoms with E-state index in [1.165, 1.54) is 37.0 Å². The molecule has 3 rings (SSSR count). The van der Waals surface area contributed by atoms with Crippen LogP contribution in [0.1, 0.15) is 48.2 Å². The first-order valence-electron chi connectivity index (χ1n) is 8.81. The van der Waals surface area contributed by atoms with Gasteiger partial charge in [-0.25, -0.2) is 4.79 Å². The summed E-state index contributed by atoms with van der Waals surface area (Å²) in [6.45, 7) is 0.192. The number of ketones is 1. The summed E-state index contributed by atoms with van der Waals surface area (Å²) in [7, 11) is 0. The Morgan fingerprint density at radius 3 is 2.56 bits per heavy atom. The summed E-state index contributed by atoms with van der Waals surface area (Å²) in [5.74, 6) is -0.117. The van der Waals surface area contributed by atoms with Gasteiger partial charge in [0.25, 0.3) is 0 Å². The number of aromatic carboxylic acids is 1. The maximum atomic E-state index is 12.1. The molecule has 0 spiro atoms. The number of anilines is 1. The van der Waals surface area contributed by atoms with Crippen LogP contribution in [0, 0.1) is 5.92 Å². The van der Waals surface area contributed by atoms with Crippen molar-refractivity contribution in [3.8, 4) is 10.4 Å². The summed E-state index contributed by atoms with van der Waals surface area (Å²) in [5, 5.41) is 12.5. The van der Waals surface area contributed by atoms with E-state index >= 15 is 0 Å². The molecular weight excluding hydrogens is 334 g/mol. The third kappa shape index (κ3) is 4.69. The lowest BCUT2D eigenvalue weighted by atomic mass is 10.0. The van der Waals surface area contributed by atoms with Crippen LogP contribution in [0.25, 0.3) is 10.4 Å². The number of hydrogen-bond donors (Lipinski definition) is 2. The van der Waals surface area contributed by atoms with Crippen LogP contribution in [0.5, 0.6) is 0 Å². The number of benzene rings is 1. The van der Waals surface area contributed by atoms with Crippen LogP contribution in [0.4, 0.5) is 5.69 Å². The van der Waals surface area contributed by atoms with Crippen molar-refractivity contribution in [1.29, 1.82) is 0 Å². The minimum atomic E-state index is -0.965. The number of carbonyl (C=O) groups is 2. The van der Waals surface area contributed by atoms with Gasteiger partial charge in [0.05, 0.1) is 12.2 Å². The van der Waals surface area contributed by atoms with Gasteiger partial charge in [-0.2, -0.15) is 0 Å². The summed E-state index contributed by atoms with van der Waals surface area (Å²) in [6, 6.07) is 11.5. The molecule has 0 radical (unpaired) electrons. The van der Waals surface area contributed by atoms with Gasteiger partial charge < -0.3 is 10.4 Å².